The van der Waals surface area contributed by atoms with E-state index in [0.29, 0.717) is 18.3 Å². The van der Waals surface area contributed by atoms with Crippen LogP contribution in [-0.4, -0.2) is 5.91 Å². The van der Waals surface area contributed by atoms with Gasteiger partial charge >= 0.3 is 0 Å². The number of hydrogen-bond acceptors (Lipinski definition) is 1. The molecule has 0 saturated carbocycles. The number of nitrogens with zero attached hydrogens (tertiary/aromatic N) is 1. The Morgan fingerprint density at radius 1 is 1.07 bits per heavy atom. The Labute approximate surface area is 170 Å². The molecular formula is C25H22ClNO. The van der Waals surface area contributed by atoms with E-state index in [2.05, 4.69) is 54.6 Å². The van der Waals surface area contributed by atoms with Crippen molar-refractivity contribution in [1.29, 1.82) is 0 Å². The summed E-state index contributed by atoms with van der Waals surface area (Å²) in [5, 5.41) is 3.17. The van der Waals surface area contributed by atoms with E-state index in [1.165, 1.54) is 21.9 Å². The predicted octanol–water partition coefficient (Wildman–Crippen LogP) is 6.65. The molecule has 1 aliphatic carbocycles. The van der Waals surface area contributed by atoms with E-state index in [4.69, 9.17) is 11.6 Å². The molecule has 1 amide bonds. The Morgan fingerprint density at radius 2 is 1.89 bits per heavy atom. The molecule has 3 aromatic rings. The van der Waals surface area contributed by atoms with Crippen LogP contribution in [0.4, 0.5) is 5.69 Å². The van der Waals surface area contributed by atoms with Crippen LogP contribution in [0.1, 0.15) is 42.9 Å². The van der Waals surface area contributed by atoms with E-state index in [0.717, 1.165) is 17.1 Å². The number of allylic oxidation sites excluding steroid dienone is 2. The summed E-state index contributed by atoms with van der Waals surface area (Å²) in [6, 6.07) is 20.9. The lowest BCUT2D eigenvalue weighted by atomic mass is 9.74. The fourth-order valence-corrected chi connectivity index (χ4v) is 5.20. The van der Waals surface area contributed by atoms with Gasteiger partial charge in [0.15, 0.2) is 0 Å². The Morgan fingerprint density at radius 3 is 2.75 bits per heavy atom. The third kappa shape index (κ3) is 2.59. The van der Waals surface area contributed by atoms with Crippen LogP contribution in [0.2, 0.25) is 5.02 Å². The van der Waals surface area contributed by atoms with Crippen LogP contribution in [-0.2, 0) is 4.79 Å². The second-order valence-electron chi connectivity index (χ2n) is 7.69. The first-order chi connectivity index (χ1) is 13.7. The number of carbonyl (C=O) groups excluding carboxylic acids is 1. The van der Waals surface area contributed by atoms with Gasteiger partial charge in [0.05, 0.1) is 6.04 Å². The van der Waals surface area contributed by atoms with Gasteiger partial charge in [-0.3, -0.25) is 4.79 Å². The molecule has 0 fully saturated rings. The SMILES string of the molecule is CCC(=O)N1c2ccc(Cl)cc2[C@@H]2C=CC[C@@H]2[C@H]1c1cccc2ccccc12. The summed E-state index contributed by atoms with van der Waals surface area (Å²) in [5.41, 5.74) is 3.41. The minimum absolute atomic E-state index is 0.0206. The zero-order valence-corrected chi connectivity index (χ0v) is 16.6. The van der Waals surface area contributed by atoms with Gasteiger partial charge in [0, 0.05) is 23.0 Å². The molecule has 140 valence electrons. The third-order valence-corrected chi connectivity index (χ3v) is 6.45. The van der Waals surface area contributed by atoms with Gasteiger partial charge in [0.1, 0.15) is 0 Å². The van der Waals surface area contributed by atoms with E-state index in [-0.39, 0.29) is 11.9 Å². The molecule has 0 unspecified atom stereocenters. The molecule has 0 aromatic heterocycles. The Bertz CT molecular complexity index is 1100. The minimum atomic E-state index is 0.0206. The summed E-state index contributed by atoms with van der Waals surface area (Å²) in [6.45, 7) is 1.94. The Kier molecular flexibility index (Phi) is 4.25. The molecule has 0 bridgehead atoms. The number of rotatable bonds is 2. The fraction of sp³-hybridized carbons (Fsp3) is 0.240. The average molecular weight is 388 g/mol. The summed E-state index contributed by atoms with van der Waals surface area (Å²) < 4.78 is 0. The quantitative estimate of drug-likeness (QED) is 0.450. The monoisotopic (exact) mass is 387 g/mol. The predicted molar refractivity (Wildman–Crippen MR) is 116 cm³/mol. The summed E-state index contributed by atoms with van der Waals surface area (Å²) in [5.74, 6) is 0.776. The van der Waals surface area contributed by atoms with Crippen LogP contribution in [0.25, 0.3) is 10.8 Å². The van der Waals surface area contributed by atoms with Gasteiger partial charge in [0.25, 0.3) is 0 Å². The molecule has 3 heteroatoms. The lowest BCUT2D eigenvalue weighted by Gasteiger charge is -2.45. The van der Waals surface area contributed by atoms with Gasteiger partial charge in [-0.05, 0) is 52.4 Å². The van der Waals surface area contributed by atoms with Crippen LogP contribution < -0.4 is 4.90 Å². The van der Waals surface area contributed by atoms with E-state index in [1.807, 2.05) is 30.0 Å². The summed E-state index contributed by atoms with van der Waals surface area (Å²) in [7, 11) is 0. The van der Waals surface area contributed by atoms with Gasteiger partial charge in [-0.25, -0.2) is 0 Å². The first-order valence-electron chi connectivity index (χ1n) is 9.95. The normalized spacial score (nSPS) is 22.9. The van der Waals surface area contributed by atoms with E-state index >= 15 is 0 Å². The average Bonchev–Trinajstić information content (AvgIpc) is 3.22. The summed E-state index contributed by atoms with van der Waals surface area (Å²) in [4.78, 5) is 15.2. The van der Waals surface area contributed by atoms with Crippen LogP contribution in [0.15, 0.2) is 72.8 Å². The Balaban J connectivity index is 1.78. The van der Waals surface area contributed by atoms with Crippen molar-refractivity contribution in [2.24, 2.45) is 5.92 Å². The molecule has 0 N–H and O–H groups in total. The maximum Gasteiger partial charge on any atom is 0.227 e. The van der Waals surface area contributed by atoms with Crippen molar-refractivity contribution in [3.05, 3.63) is 89.0 Å². The summed E-state index contributed by atoms with van der Waals surface area (Å²) in [6.07, 6.45) is 6.01. The molecule has 0 radical (unpaired) electrons. The van der Waals surface area contributed by atoms with Crippen molar-refractivity contribution in [3.8, 4) is 0 Å². The zero-order chi connectivity index (χ0) is 19.3. The number of amides is 1. The minimum Gasteiger partial charge on any atom is -0.304 e. The molecule has 0 saturated heterocycles. The fourth-order valence-electron chi connectivity index (χ4n) is 5.02. The highest BCUT2D eigenvalue weighted by molar-refractivity contribution is 6.30. The molecule has 1 aliphatic heterocycles. The van der Waals surface area contributed by atoms with Crippen LogP contribution in [0.5, 0.6) is 0 Å². The second-order valence-corrected chi connectivity index (χ2v) is 8.12. The molecule has 0 spiro atoms. The van der Waals surface area contributed by atoms with Crippen molar-refractivity contribution in [2.75, 3.05) is 4.90 Å². The smallest absolute Gasteiger partial charge is 0.227 e. The van der Waals surface area contributed by atoms with Gasteiger partial charge in [0.2, 0.25) is 5.91 Å². The number of benzene rings is 3. The highest BCUT2D eigenvalue weighted by Gasteiger charge is 2.44. The lowest BCUT2D eigenvalue weighted by Crippen LogP contribution is -2.43. The van der Waals surface area contributed by atoms with Gasteiger partial charge in [-0.2, -0.15) is 0 Å². The van der Waals surface area contributed by atoms with Crippen molar-refractivity contribution >= 4 is 34.0 Å². The largest absolute Gasteiger partial charge is 0.304 e. The van der Waals surface area contributed by atoms with Crippen molar-refractivity contribution in [3.63, 3.8) is 0 Å². The first kappa shape index (κ1) is 17.5. The van der Waals surface area contributed by atoms with E-state index in [9.17, 15) is 4.79 Å². The molecule has 3 atom stereocenters. The lowest BCUT2D eigenvalue weighted by molar-refractivity contribution is -0.119. The van der Waals surface area contributed by atoms with E-state index < -0.39 is 0 Å². The highest BCUT2D eigenvalue weighted by Crippen LogP contribution is 2.54. The highest BCUT2D eigenvalue weighted by atomic mass is 35.5. The number of fused-ring (bicyclic) bond motifs is 4. The molecule has 28 heavy (non-hydrogen) atoms. The van der Waals surface area contributed by atoms with Crippen LogP contribution in [0.3, 0.4) is 0 Å². The van der Waals surface area contributed by atoms with Crippen molar-refractivity contribution in [2.45, 2.75) is 31.7 Å². The molecule has 2 nitrogen and oxygen atoms in total. The molecule has 1 heterocycles. The third-order valence-electron chi connectivity index (χ3n) is 6.22. The molecular weight excluding hydrogens is 366 g/mol. The number of halogens is 1. The van der Waals surface area contributed by atoms with Gasteiger partial charge in [-0.1, -0.05) is 73.1 Å². The van der Waals surface area contributed by atoms with Gasteiger partial charge < -0.3 is 4.90 Å². The molecule has 2 aliphatic rings. The van der Waals surface area contributed by atoms with Crippen LogP contribution >= 0.6 is 11.6 Å². The number of anilines is 1. The Hall–Kier alpha value is -2.58. The van der Waals surface area contributed by atoms with Gasteiger partial charge in [-0.15, -0.1) is 0 Å². The maximum atomic E-state index is 13.2. The first-order valence-corrected chi connectivity index (χ1v) is 10.3. The zero-order valence-electron chi connectivity index (χ0n) is 15.8. The van der Waals surface area contributed by atoms with Crippen LogP contribution in [0, 0.1) is 5.92 Å². The standard InChI is InChI=1S/C25H22ClNO/c1-2-24(28)27-23-14-13-17(26)15-22(23)19-10-6-12-21(19)25(27)20-11-5-8-16-7-3-4-9-18(16)20/h3-11,13-15,19,21,25H,2,12H2,1H3/t19-,21+,25-/m1/s1. The van der Waals surface area contributed by atoms with Crippen molar-refractivity contribution < 1.29 is 4.79 Å². The van der Waals surface area contributed by atoms with E-state index in [1.54, 1.807) is 0 Å². The molecule has 3 aromatic carbocycles. The summed E-state index contributed by atoms with van der Waals surface area (Å²) >= 11 is 6.33. The second kappa shape index (κ2) is 6.79. The molecule has 5 rings (SSSR count). The number of carbonyl (C=O) groups is 1. The maximum absolute atomic E-state index is 13.2. The number of hydrogen-bond donors (Lipinski definition) is 0. The topological polar surface area (TPSA) is 20.3 Å². The van der Waals surface area contributed by atoms with Crippen molar-refractivity contribution in [1.82, 2.24) is 0 Å².